The Balaban J connectivity index is 0.000000269. The molecule has 10 heteroatoms. The first-order chi connectivity index (χ1) is 14.4. The molecule has 0 heterocycles. The summed E-state index contributed by atoms with van der Waals surface area (Å²) in [5, 5.41) is 24.6. The summed E-state index contributed by atoms with van der Waals surface area (Å²) >= 11 is 11.3. The van der Waals surface area contributed by atoms with Gasteiger partial charge >= 0.3 is 13.1 Å². The number of nitrogens with zero attached hydrogens (tertiary/aromatic N) is 1. The molecule has 3 aromatic rings. The fourth-order valence-electron chi connectivity index (χ4n) is 2.17. The SMILES string of the molecule is O=C(Nc1ccc(Cl)cc1)Nc1cccc(B(O)O)c1.O=C=Nc1ccc(Cl)cc1. The molecule has 4 N–H and O–H groups in total. The Morgan fingerprint density at radius 1 is 0.867 bits per heavy atom. The second-order valence-electron chi connectivity index (χ2n) is 5.76. The zero-order valence-electron chi connectivity index (χ0n) is 15.4. The Hall–Kier alpha value is -3.13. The van der Waals surface area contributed by atoms with Gasteiger partial charge in [-0.15, -0.1) is 0 Å². The van der Waals surface area contributed by atoms with Crippen LogP contribution in [0.5, 0.6) is 0 Å². The van der Waals surface area contributed by atoms with Crippen molar-refractivity contribution in [2.75, 3.05) is 10.6 Å². The van der Waals surface area contributed by atoms with Crippen molar-refractivity contribution in [3.63, 3.8) is 0 Å². The number of carbonyl (C=O) groups excluding carboxylic acids is 2. The summed E-state index contributed by atoms with van der Waals surface area (Å²) in [4.78, 5) is 24.9. The Morgan fingerprint density at radius 2 is 1.43 bits per heavy atom. The number of hydrogen-bond acceptors (Lipinski definition) is 5. The predicted molar refractivity (Wildman–Crippen MR) is 120 cm³/mol. The van der Waals surface area contributed by atoms with E-state index in [0.29, 0.717) is 32.6 Å². The second-order valence-corrected chi connectivity index (χ2v) is 6.64. The molecule has 0 aliphatic rings. The lowest BCUT2D eigenvalue weighted by Crippen LogP contribution is -2.30. The first-order valence-corrected chi connectivity index (χ1v) is 9.26. The third kappa shape index (κ3) is 8.09. The lowest BCUT2D eigenvalue weighted by atomic mass is 9.80. The van der Waals surface area contributed by atoms with E-state index < -0.39 is 13.1 Å². The number of anilines is 2. The molecule has 0 saturated heterocycles. The minimum atomic E-state index is -1.57. The quantitative estimate of drug-likeness (QED) is 0.277. The largest absolute Gasteiger partial charge is 0.488 e. The third-order valence-corrected chi connectivity index (χ3v) is 4.05. The van der Waals surface area contributed by atoms with Crippen molar-refractivity contribution in [3.05, 3.63) is 82.8 Å². The van der Waals surface area contributed by atoms with Crippen molar-refractivity contribution in [2.24, 2.45) is 4.99 Å². The van der Waals surface area contributed by atoms with Gasteiger partial charge < -0.3 is 20.7 Å². The van der Waals surface area contributed by atoms with E-state index in [1.54, 1.807) is 66.7 Å². The molecule has 0 aliphatic carbocycles. The molecule has 0 bridgehead atoms. The number of carbonyl (C=O) groups is 1. The second kappa shape index (κ2) is 11.8. The zero-order valence-corrected chi connectivity index (χ0v) is 16.9. The molecule has 7 nitrogen and oxygen atoms in total. The van der Waals surface area contributed by atoms with Crippen molar-refractivity contribution < 1.29 is 19.6 Å². The summed E-state index contributed by atoms with van der Waals surface area (Å²) in [6.45, 7) is 0. The van der Waals surface area contributed by atoms with Gasteiger partial charge in [-0.2, -0.15) is 4.99 Å². The van der Waals surface area contributed by atoms with E-state index in [1.165, 1.54) is 12.1 Å². The van der Waals surface area contributed by atoms with E-state index in [2.05, 4.69) is 15.6 Å². The van der Waals surface area contributed by atoms with Crippen LogP contribution in [0.1, 0.15) is 0 Å². The molecule has 152 valence electrons. The molecule has 3 aromatic carbocycles. The zero-order chi connectivity index (χ0) is 21.9. The highest BCUT2D eigenvalue weighted by atomic mass is 35.5. The Kier molecular flexibility index (Phi) is 9.09. The van der Waals surface area contributed by atoms with Gasteiger partial charge in [-0.25, -0.2) is 9.59 Å². The summed E-state index contributed by atoms with van der Waals surface area (Å²) in [5.41, 5.74) is 1.93. The van der Waals surface area contributed by atoms with Gasteiger partial charge in [-0.05, 0) is 66.1 Å². The molecule has 0 fully saturated rings. The van der Waals surface area contributed by atoms with Crippen LogP contribution in [0.15, 0.2) is 77.8 Å². The molecule has 0 saturated carbocycles. The summed E-state index contributed by atoms with van der Waals surface area (Å²) in [5.74, 6) is 0. The number of rotatable bonds is 4. The number of benzene rings is 3. The van der Waals surface area contributed by atoms with E-state index >= 15 is 0 Å². The topological polar surface area (TPSA) is 111 Å². The highest BCUT2D eigenvalue weighted by Crippen LogP contribution is 2.15. The van der Waals surface area contributed by atoms with Crippen molar-refractivity contribution in [3.8, 4) is 0 Å². The van der Waals surface area contributed by atoms with Gasteiger partial charge in [0.05, 0.1) is 5.69 Å². The van der Waals surface area contributed by atoms with Gasteiger partial charge in [0.1, 0.15) is 0 Å². The summed E-state index contributed by atoms with van der Waals surface area (Å²) < 4.78 is 0. The van der Waals surface area contributed by atoms with Crippen LogP contribution < -0.4 is 16.1 Å². The van der Waals surface area contributed by atoms with Crippen LogP contribution in [-0.2, 0) is 4.79 Å². The number of urea groups is 1. The molecule has 0 aromatic heterocycles. The van der Waals surface area contributed by atoms with E-state index in [-0.39, 0.29) is 0 Å². The molecule has 3 rings (SSSR count). The molecule has 0 spiro atoms. The van der Waals surface area contributed by atoms with Crippen LogP contribution >= 0.6 is 23.2 Å². The average Bonchev–Trinajstić information content (AvgIpc) is 2.72. The number of aliphatic imine (C=N–C) groups is 1. The molecule has 0 aliphatic heterocycles. The molecule has 2 amide bonds. The highest BCUT2D eigenvalue weighted by Gasteiger charge is 2.11. The minimum Gasteiger partial charge on any atom is -0.423 e. The number of amides is 2. The molecule has 30 heavy (non-hydrogen) atoms. The predicted octanol–water partition coefficient (Wildman–Crippen LogP) is 3.97. The van der Waals surface area contributed by atoms with Crippen LogP contribution in [0.4, 0.5) is 21.9 Å². The van der Waals surface area contributed by atoms with Gasteiger partial charge in [0.25, 0.3) is 0 Å². The number of isocyanates is 1. The fourth-order valence-corrected chi connectivity index (χ4v) is 2.42. The van der Waals surface area contributed by atoms with Gasteiger partial charge in [-0.3, -0.25) is 0 Å². The van der Waals surface area contributed by atoms with E-state index in [0.717, 1.165) is 0 Å². The van der Waals surface area contributed by atoms with E-state index in [1.807, 2.05) is 0 Å². The highest BCUT2D eigenvalue weighted by molar-refractivity contribution is 6.58. The van der Waals surface area contributed by atoms with Gasteiger partial charge in [0.2, 0.25) is 6.08 Å². The Bertz CT molecular complexity index is 1020. The fraction of sp³-hybridized carbons (Fsp3) is 0. The van der Waals surface area contributed by atoms with Crippen LogP contribution in [0, 0.1) is 0 Å². The molecular formula is C20H16BCl2N3O4. The third-order valence-electron chi connectivity index (χ3n) is 3.55. The first-order valence-electron chi connectivity index (χ1n) is 8.50. The number of hydrogen-bond donors (Lipinski definition) is 4. The van der Waals surface area contributed by atoms with Crippen LogP contribution in [0.2, 0.25) is 10.0 Å². The molecule has 0 atom stereocenters. The normalized spacial score (nSPS) is 9.47. The van der Waals surface area contributed by atoms with Gasteiger partial charge in [0, 0.05) is 21.4 Å². The first kappa shape index (κ1) is 23.2. The molecular weight excluding hydrogens is 428 g/mol. The van der Waals surface area contributed by atoms with Gasteiger partial charge in [0.15, 0.2) is 0 Å². The monoisotopic (exact) mass is 443 g/mol. The standard InChI is InChI=1S/C13H12BClN2O3.C7H4ClNO/c15-10-4-6-11(7-5-10)16-13(18)17-12-3-1-2-9(8-12)14(19)20;8-6-1-3-7(4-2-6)9-5-10/h1-8,19-20H,(H2,16,17,18);1-4H. The van der Waals surface area contributed by atoms with Crippen molar-refractivity contribution >= 4 is 65.0 Å². The van der Waals surface area contributed by atoms with Crippen LogP contribution in [0.3, 0.4) is 0 Å². The van der Waals surface area contributed by atoms with Crippen molar-refractivity contribution in [1.82, 2.24) is 0 Å². The number of halogens is 2. The van der Waals surface area contributed by atoms with Crippen molar-refractivity contribution in [1.29, 1.82) is 0 Å². The van der Waals surface area contributed by atoms with Crippen LogP contribution in [0.25, 0.3) is 0 Å². The van der Waals surface area contributed by atoms with E-state index in [4.69, 9.17) is 33.2 Å². The average molecular weight is 444 g/mol. The minimum absolute atomic E-state index is 0.300. The van der Waals surface area contributed by atoms with Crippen LogP contribution in [-0.4, -0.2) is 29.3 Å². The van der Waals surface area contributed by atoms with Gasteiger partial charge in [-0.1, -0.05) is 35.3 Å². The molecule has 0 unspecified atom stereocenters. The maximum atomic E-state index is 11.8. The maximum absolute atomic E-state index is 11.8. The summed E-state index contributed by atoms with van der Waals surface area (Å²) in [6.07, 6.45) is 1.44. The maximum Gasteiger partial charge on any atom is 0.488 e. The Labute approximate surface area is 183 Å². The smallest absolute Gasteiger partial charge is 0.423 e. The summed E-state index contributed by atoms with van der Waals surface area (Å²) in [6, 6.07) is 19.2. The van der Waals surface area contributed by atoms with Crippen molar-refractivity contribution in [2.45, 2.75) is 0 Å². The summed E-state index contributed by atoms with van der Waals surface area (Å²) in [7, 11) is -1.57. The van der Waals surface area contributed by atoms with E-state index in [9.17, 15) is 9.59 Å². The lowest BCUT2D eigenvalue weighted by molar-refractivity contribution is 0.262. The number of nitrogens with one attached hydrogen (secondary N) is 2. The Morgan fingerprint density at radius 3 is 2.00 bits per heavy atom. The lowest BCUT2D eigenvalue weighted by Gasteiger charge is -2.09. The molecule has 0 radical (unpaired) electrons.